The van der Waals surface area contributed by atoms with Crippen molar-refractivity contribution in [3.8, 4) is 0 Å². The van der Waals surface area contributed by atoms with Crippen LogP contribution in [0.4, 0.5) is 0 Å². The van der Waals surface area contributed by atoms with E-state index in [0.717, 1.165) is 16.4 Å². The van der Waals surface area contributed by atoms with Gasteiger partial charge in [-0.2, -0.15) is 5.10 Å². The first kappa shape index (κ1) is 8.78. The Hall–Kier alpha value is -1.31. The van der Waals surface area contributed by atoms with Gasteiger partial charge in [0.1, 0.15) is 0 Å². The molecular formula is C10H14N2. The van der Waals surface area contributed by atoms with Gasteiger partial charge in [-0.25, -0.2) is 4.52 Å². The molecule has 64 valence electrons. The minimum Gasteiger partial charge on any atom is -0.240 e. The number of aryl methyl sites for hydroxylation is 1. The lowest BCUT2D eigenvalue weighted by Gasteiger charge is -1.75. The Morgan fingerprint density at radius 3 is 2.67 bits per heavy atom. The Morgan fingerprint density at radius 1 is 1.42 bits per heavy atom. The van der Waals surface area contributed by atoms with Gasteiger partial charge in [-0.1, -0.05) is 20.4 Å². The van der Waals surface area contributed by atoms with Crippen molar-refractivity contribution >= 4 is 12.1 Å². The molecule has 2 rings (SSSR count). The second-order valence-electron chi connectivity index (χ2n) is 2.40. The van der Waals surface area contributed by atoms with Crippen molar-refractivity contribution in [2.45, 2.75) is 20.8 Å². The van der Waals surface area contributed by atoms with Crippen LogP contribution in [0.25, 0.3) is 12.1 Å². The number of aromatic nitrogens is 2. The number of hydrogen-bond acceptors (Lipinski definition) is 1. The summed E-state index contributed by atoms with van der Waals surface area (Å²) in [4.78, 5) is 0. The first-order valence-electron chi connectivity index (χ1n) is 4.21. The SMILES string of the molecule is C=c1c(C)nn2cccc12.CC. The smallest absolute Gasteiger partial charge is 0.0731 e. The summed E-state index contributed by atoms with van der Waals surface area (Å²) < 4.78 is 1.84. The molecule has 0 unspecified atom stereocenters. The second-order valence-corrected chi connectivity index (χ2v) is 2.40. The maximum absolute atomic E-state index is 4.23. The molecule has 0 saturated carbocycles. The van der Waals surface area contributed by atoms with E-state index in [1.165, 1.54) is 0 Å². The van der Waals surface area contributed by atoms with Gasteiger partial charge in [0.25, 0.3) is 0 Å². The highest BCUT2D eigenvalue weighted by Gasteiger charge is 1.97. The molecule has 0 spiro atoms. The third-order valence-electron chi connectivity index (χ3n) is 1.73. The molecular weight excluding hydrogens is 148 g/mol. The van der Waals surface area contributed by atoms with Crippen LogP contribution in [0.3, 0.4) is 0 Å². The predicted molar refractivity (Wildman–Crippen MR) is 52.0 cm³/mol. The average molecular weight is 162 g/mol. The topological polar surface area (TPSA) is 17.3 Å². The molecule has 2 aromatic rings. The minimum atomic E-state index is 1.01. The van der Waals surface area contributed by atoms with Gasteiger partial charge in [0.15, 0.2) is 0 Å². The van der Waals surface area contributed by atoms with Crippen LogP contribution in [0, 0.1) is 6.92 Å². The summed E-state index contributed by atoms with van der Waals surface area (Å²) in [6.45, 7) is 9.86. The fourth-order valence-electron chi connectivity index (χ4n) is 1.11. The lowest BCUT2D eigenvalue weighted by molar-refractivity contribution is 0.946. The first-order valence-corrected chi connectivity index (χ1v) is 4.21. The molecule has 0 saturated heterocycles. The van der Waals surface area contributed by atoms with Gasteiger partial charge in [0.05, 0.1) is 11.2 Å². The Bertz CT molecular complexity index is 401. The monoisotopic (exact) mass is 162 g/mol. The molecule has 0 N–H and O–H groups in total. The highest BCUT2D eigenvalue weighted by atomic mass is 15.2. The van der Waals surface area contributed by atoms with E-state index in [9.17, 15) is 0 Å². The van der Waals surface area contributed by atoms with E-state index in [-0.39, 0.29) is 0 Å². The van der Waals surface area contributed by atoms with Crippen molar-refractivity contribution in [1.82, 2.24) is 9.61 Å². The molecule has 0 fully saturated rings. The van der Waals surface area contributed by atoms with Crippen LogP contribution in [-0.4, -0.2) is 9.61 Å². The highest BCUT2D eigenvalue weighted by Crippen LogP contribution is 1.97. The molecule has 0 aliphatic carbocycles. The second kappa shape index (κ2) is 3.39. The third-order valence-corrected chi connectivity index (χ3v) is 1.73. The van der Waals surface area contributed by atoms with Crippen LogP contribution < -0.4 is 5.22 Å². The molecule has 2 nitrogen and oxygen atoms in total. The van der Waals surface area contributed by atoms with Crippen molar-refractivity contribution in [1.29, 1.82) is 0 Å². The van der Waals surface area contributed by atoms with Gasteiger partial charge in [-0.3, -0.25) is 0 Å². The number of fused-ring (bicyclic) bond motifs is 1. The molecule has 12 heavy (non-hydrogen) atoms. The van der Waals surface area contributed by atoms with E-state index in [2.05, 4.69) is 11.7 Å². The fraction of sp³-hybridized carbons (Fsp3) is 0.300. The lowest BCUT2D eigenvalue weighted by Crippen LogP contribution is -1.96. The van der Waals surface area contributed by atoms with Gasteiger partial charge in [0, 0.05) is 11.4 Å². The minimum absolute atomic E-state index is 1.01. The molecule has 0 aromatic carbocycles. The summed E-state index contributed by atoms with van der Waals surface area (Å²) >= 11 is 0. The van der Waals surface area contributed by atoms with E-state index in [4.69, 9.17) is 0 Å². The van der Waals surface area contributed by atoms with Crippen LogP contribution in [-0.2, 0) is 0 Å². The van der Waals surface area contributed by atoms with Crippen molar-refractivity contribution in [2.24, 2.45) is 0 Å². The van der Waals surface area contributed by atoms with Gasteiger partial charge in [0.2, 0.25) is 0 Å². The van der Waals surface area contributed by atoms with Gasteiger partial charge >= 0.3 is 0 Å². The lowest BCUT2D eigenvalue weighted by atomic mass is 10.3. The fourth-order valence-corrected chi connectivity index (χ4v) is 1.11. The standard InChI is InChI=1S/C8H8N2.C2H6/c1-6-7(2)9-10-5-3-4-8(6)10;1-2/h3-5H,1H2,2H3;1-2H3. The van der Waals surface area contributed by atoms with Crippen molar-refractivity contribution in [3.05, 3.63) is 29.2 Å². The van der Waals surface area contributed by atoms with Crippen LogP contribution in [0.5, 0.6) is 0 Å². The number of rotatable bonds is 0. The van der Waals surface area contributed by atoms with Crippen LogP contribution in [0.2, 0.25) is 0 Å². The molecule has 2 heterocycles. The van der Waals surface area contributed by atoms with Crippen molar-refractivity contribution in [2.75, 3.05) is 0 Å². The van der Waals surface area contributed by atoms with Gasteiger partial charge in [-0.05, 0) is 19.1 Å². The molecule has 0 radical (unpaired) electrons. The summed E-state index contributed by atoms with van der Waals surface area (Å²) in [5.41, 5.74) is 2.12. The third kappa shape index (κ3) is 1.20. The first-order chi connectivity index (χ1) is 5.79. The number of hydrogen-bond donors (Lipinski definition) is 0. The van der Waals surface area contributed by atoms with Gasteiger partial charge < -0.3 is 0 Å². The summed E-state index contributed by atoms with van der Waals surface area (Å²) in [6, 6.07) is 3.98. The predicted octanol–water partition coefficient (Wildman–Crippen LogP) is 1.80. The highest BCUT2D eigenvalue weighted by molar-refractivity contribution is 5.50. The Kier molecular flexibility index (Phi) is 2.48. The van der Waals surface area contributed by atoms with Crippen LogP contribution in [0.1, 0.15) is 19.5 Å². The normalized spacial score (nSPS) is 9.58. The van der Waals surface area contributed by atoms with E-state index in [1.807, 2.05) is 43.6 Å². The zero-order valence-electron chi connectivity index (χ0n) is 7.83. The molecule has 0 aliphatic heterocycles. The zero-order valence-corrected chi connectivity index (χ0v) is 7.83. The quantitative estimate of drug-likeness (QED) is 0.577. The molecule has 2 aromatic heterocycles. The van der Waals surface area contributed by atoms with E-state index < -0.39 is 0 Å². The van der Waals surface area contributed by atoms with Gasteiger partial charge in [-0.15, -0.1) is 0 Å². The van der Waals surface area contributed by atoms with E-state index in [1.54, 1.807) is 0 Å². The molecule has 0 amide bonds. The molecule has 0 aliphatic rings. The molecule has 2 heteroatoms. The largest absolute Gasteiger partial charge is 0.240 e. The maximum atomic E-state index is 4.23. The van der Waals surface area contributed by atoms with Crippen molar-refractivity contribution in [3.63, 3.8) is 0 Å². The summed E-state index contributed by atoms with van der Waals surface area (Å²) in [5, 5.41) is 5.26. The Labute approximate surface area is 72.5 Å². The molecule has 0 bridgehead atoms. The molecule has 0 atom stereocenters. The Morgan fingerprint density at radius 2 is 2.08 bits per heavy atom. The van der Waals surface area contributed by atoms with E-state index in [0.29, 0.717) is 0 Å². The van der Waals surface area contributed by atoms with E-state index >= 15 is 0 Å². The van der Waals surface area contributed by atoms with Crippen LogP contribution in [0.15, 0.2) is 18.3 Å². The summed E-state index contributed by atoms with van der Waals surface area (Å²) in [7, 11) is 0. The zero-order chi connectivity index (χ0) is 9.14. The summed E-state index contributed by atoms with van der Waals surface area (Å²) in [5.74, 6) is 0. The average Bonchev–Trinajstić information content (AvgIpc) is 2.62. The van der Waals surface area contributed by atoms with Crippen LogP contribution >= 0.6 is 0 Å². The Balaban J connectivity index is 0.000000336. The summed E-state index contributed by atoms with van der Waals surface area (Å²) in [6.07, 6.45) is 1.93. The van der Waals surface area contributed by atoms with Crippen molar-refractivity contribution < 1.29 is 0 Å². The maximum Gasteiger partial charge on any atom is 0.0731 e. The number of nitrogens with zero attached hydrogens (tertiary/aromatic N) is 2.